The highest BCUT2D eigenvalue weighted by Gasteiger charge is 2.12. The number of nitrogens with two attached hydrogens (primary N) is 1. The van der Waals surface area contributed by atoms with Crippen LogP contribution in [0, 0.1) is 0 Å². The first-order valence-electron chi connectivity index (χ1n) is 6.14. The molecule has 0 unspecified atom stereocenters. The minimum atomic E-state index is 0.382. The van der Waals surface area contributed by atoms with Crippen molar-refractivity contribution in [3.8, 4) is 11.6 Å². The fourth-order valence-electron chi connectivity index (χ4n) is 1.96. The molecular formula is C14H18N4O2. The summed E-state index contributed by atoms with van der Waals surface area (Å²) in [6.45, 7) is 0.654. The third-order valence-electron chi connectivity index (χ3n) is 2.94. The van der Waals surface area contributed by atoms with E-state index in [1.165, 1.54) is 13.4 Å². The van der Waals surface area contributed by atoms with Gasteiger partial charge in [0.15, 0.2) is 5.82 Å². The van der Waals surface area contributed by atoms with E-state index < -0.39 is 0 Å². The van der Waals surface area contributed by atoms with E-state index in [2.05, 4.69) is 9.97 Å². The zero-order chi connectivity index (χ0) is 14.5. The lowest BCUT2D eigenvalue weighted by molar-refractivity contribution is 0.399. The van der Waals surface area contributed by atoms with Crippen LogP contribution in [0.4, 0.5) is 11.5 Å². The van der Waals surface area contributed by atoms with E-state index in [9.17, 15) is 0 Å². The molecule has 1 aromatic carbocycles. The molecule has 2 aromatic rings. The van der Waals surface area contributed by atoms with Crippen LogP contribution in [-0.4, -0.2) is 31.2 Å². The normalized spacial score (nSPS) is 10.2. The average Bonchev–Trinajstić information content (AvgIpc) is 2.47. The van der Waals surface area contributed by atoms with Gasteiger partial charge >= 0.3 is 0 Å². The zero-order valence-corrected chi connectivity index (χ0v) is 11.8. The first kappa shape index (κ1) is 13.9. The maximum Gasteiger partial charge on any atom is 0.242 e. The number of hydrogen-bond acceptors (Lipinski definition) is 6. The molecule has 0 spiro atoms. The first-order valence-corrected chi connectivity index (χ1v) is 6.14. The fraction of sp³-hybridized carbons (Fsp3) is 0.286. The highest BCUT2D eigenvalue weighted by Crippen LogP contribution is 2.27. The van der Waals surface area contributed by atoms with Gasteiger partial charge in [-0.25, -0.2) is 4.98 Å². The Morgan fingerprint density at radius 1 is 1.20 bits per heavy atom. The van der Waals surface area contributed by atoms with Crippen molar-refractivity contribution < 1.29 is 9.47 Å². The molecule has 1 aromatic heterocycles. The molecule has 1 heterocycles. The van der Waals surface area contributed by atoms with Gasteiger partial charge in [0.05, 0.1) is 14.2 Å². The molecule has 0 aliphatic rings. The van der Waals surface area contributed by atoms with Crippen LogP contribution >= 0.6 is 0 Å². The van der Waals surface area contributed by atoms with Gasteiger partial charge in [-0.15, -0.1) is 0 Å². The van der Waals surface area contributed by atoms with Crippen LogP contribution in [-0.2, 0) is 6.54 Å². The monoisotopic (exact) mass is 274 g/mol. The van der Waals surface area contributed by atoms with Crippen LogP contribution in [0.25, 0.3) is 0 Å². The van der Waals surface area contributed by atoms with E-state index >= 15 is 0 Å². The lowest BCUT2D eigenvalue weighted by Gasteiger charge is -2.20. The first-order chi connectivity index (χ1) is 9.65. The van der Waals surface area contributed by atoms with E-state index in [1.54, 1.807) is 7.11 Å². The second-order valence-corrected chi connectivity index (χ2v) is 4.33. The molecule has 0 aliphatic heterocycles. The predicted octanol–water partition coefficient (Wildman–Crippen LogP) is 1.71. The standard InChI is InChI=1S/C14H18N4O2/c1-18(8-10-5-4-6-11(7-10)19-2)13-12(15)14(20-3)17-9-16-13/h4-7,9H,8,15H2,1-3H3. The summed E-state index contributed by atoms with van der Waals surface area (Å²) in [7, 11) is 5.10. The summed E-state index contributed by atoms with van der Waals surface area (Å²) in [5.41, 5.74) is 7.52. The van der Waals surface area contributed by atoms with Gasteiger partial charge in [-0.05, 0) is 17.7 Å². The van der Waals surface area contributed by atoms with E-state index in [1.807, 2.05) is 36.2 Å². The fourth-order valence-corrected chi connectivity index (χ4v) is 1.96. The summed E-state index contributed by atoms with van der Waals surface area (Å²) >= 11 is 0. The highest BCUT2D eigenvalue weighted by molar-refractivity contribution is 5.67. The van der Waals surface area contributed by atoms with E-state index in [0.717, 1.165) is 11.3 Å². The molecule has 6 heteroatoms. The number of anilines is 2. The van der Waals surface area contributed by atoms with Gasteiger partial charge in [0.2, 0.25) is 5.88 Å². The van der Waals surface area contributed by atoms with Gasteiger partial charge in [-0.2, -0.15) is 4.98 Å². The molecule has 0 radical (unpaired) electrons. The van der Waals surface area contributed by atoms with Crippen molar-refractivity contribution in [3.63, 3.8) is 0 Å². The minimum absolute atomic E-state index is 0.382. The Morgan fingerprint density at radius 2 is 2.00 bits per heavy atom. The Labute approximate surface area is 118 Å². The lowest BCUT2D eigenvalue weighted by atomic mass is 10.2. The number of nitrogens with zero attached hydrogens (tertiary/aromatic N) is 3. The Morgan fingerprint density at radius 3 is 2.70 bits per heavy atom. The molecule has 0 fully saturated rings. The molecule has 0 saturated carbocycles. The second-order valence-electron chi connectivity index (χ2n) is 4.33. The number of aromatic nitrogens is 2. The molecule has 0 amide bonds. The quantitative estimate of drug-likeness (QED) is 0.894. The van der Waals surface area contributed by atoms with Gasteiger partial charge in [0.1, 0.15) is 17.8 Å². The lowest BCUT2D eigenvalue weighted by Crippen LogP contribution is -2.19. The van der Waals surface area contributed by atoms with Gasteiger partial charge < -0.3 is 20.1 Å². The molecule has 0 saturated heterocycles. The number of methoxy groups -OCH3 is 2. The maximum atomic E-state index is 5.99. The van der Waals surface area contributed by atoms with Crippen LogP contribution < -0.4 is 20.1 Å². The molecule has 6 nitrogen and oxygen atoms in total. The van der Waals surface area contributed by atoms with Crippen LogP contribution in [0.3, 0.4) is 0 Å². The number of rotatable bonds is 5. The van der Waals surface area contributed by atoms with Gasteiger partial charge in [0, 0.05) is 13.6 Å². The number of hydrogen-bond donors (Lipinski definition) is 1. The van der Waals surface area contributed by atoms with Crippen molar-refractivity contribution in [1.82, 2.24) is 9.97 Å². The number of nitrogen functional groups attached to an aromatic ring is 1. The summed E-state index contributed by atoms with van der Waals surface area (Å²) in [4.78, 5) is 10.1. The van der Waals surface area contributed by atoms with Gasteiger partial charge in [0.25, 0.3) is 0 Å². The number of benzene rings is 1. The summed E-state index contributed by atoms with van der Waals surface area (Å²) in [5, 5.41) is 0. The largest absolute Gasteiger partial charge is 0.497 e. The van der Waals surface area contributed by atoms with Crippen molar-refractivity contribution in [1.29, 1.82) is 0 Å². The van der Waals surface area contributed by atoms with Crippen molar-refractivity contribution in [2.75, 3.05) is 31.9 Å². The predicted molar refractivity (Wildman–Crippen MR) is 78.1 cm³/mol. The molecule has 106 valence electrons. The molecule has 20 heavy (non-hydrogen) atoms. The van der Waals surface area contributed by atoms with E-state index in [4.69, 9.17) is 15.2 Å². The SMILES string of the molecule is COc1cccc(CN(C)c2ncnc(OC)c2N)c1. The number of ether oxygens (including phenoxy) is 2. The zero-order valence-electron chi connectivity index (χ0n) is 11.8. The third-order valence-corrected chi connectivity index (χ3v) is 2.94. The topological polar surface area (TPSA) is 73.5 Å². The van der Waals surface area contributed by atoms with Crippen LogP contribution in [0.15, 0.2) is 30.6 Å². The summed E-state index contributed by atoms with van der Waals surface area (Å²) in [5.74, 6) is 1.84. The van der Waals surface area contributed by atoms with Crippen molar-refractivity contribution in [2.45, 2.75) is 6.54 Å². The molecular weight excluding hydrogens is 256 g/mol. The third kappa shape index (κ3) is 2.90. The Kier molecular flexibility index (Phi) is 4.24. The maximum absolute atomic E-state index is 5.99. The molecule has 0 bridgehead atoms. The van der Waals surface area contributed by atoms with E-state index in [0.29, 0.717) is 23.9 Å². The molecule has 2 rings (SSSR count). The van der Waals surface area contributed by atoms with Crippen molar-refractivity contribution in [3.05, 3.63) is 36.2 Å². The average molecular weight is 274 g/mol. The van der Waals surface area contributed by atoms with Gasteiger partial charge in [-0.3, -0.25) is 0 Å². The van der Waals surface area contributed by atoms with Crippen LogP contribution in [0.2, 0.25) is 0 Å². The Hall–Kier alpha value is -2.50. The van der Waals surface area contributed by atoms with Crippen LogP contribution in [0.5, 0.6) is 11.6 Å². The highest BCUT2D eigenvalue weighted by atomic mass is 16.5. The molecule has 2 N–H and O–H groups in total. The Balaban J connectivity index is 2.21. The van der Waals surface area contributed by atoms with Gasteiger partial charge in [-0.1, -0.05) is 12.1 Å². The molecule has 0 atom stereocenters. The minimum Gasteiger partial charge on any atom is -0.497 e. The van der Waals surface area contributed by atoms with Crippen molar-refractivity contribution >= 4 is 11.5 Å². The van der Waals surface area contributed by atoms with Crippen LogP contribution in [0.1, 0.15) is 5.56 Å². The summed E-state index contributed by atoms with van der Waals surface area (Å²) in [6, 6.07) is 7.86. The van der Waals surface area contributed by atoms with E-state index in [-0.39, 0.29) is 0 Å². The summed E-state index contributed by atoms with van der Waals surface area (Å²) < 4.78 is 10.3. The van der Waals surface area contributed by atoms with Crippen molar-refractivity contribution in [2.24, 2.45) is 0 Å². The smallest absolute Gasteiger partial charge is 0.242 e. The molecule has 0 aliphatic carbocycles. The summed E-state index contributed by atoms with van der Waals surface area (Å²) in [6.07, 6.45) is 1.44. The second kappa shape index (κ2) is 6.10. The Bertz CT molecular complexity index is 589.